The largest absolute Gasteiger partial charge is 0.416 e. The van der Waals surface area contributed by atoms with Gasteiger partial charge in [-0.3, -0.25) is 14.9 Å². The van der Waals surface area contributed by atoms with Crippen LogP contribution in [-0.4, -0.2) is 16.1 Å². The van der Waals surface area contributed by atoms with E-state index >= 15 is 0 Å². The highest BCUT2D eigenvalue weighted by Gasteiger charge is 2.33. The number of hydrogen-bond acceptors (Lipinski definition) is 4. The number of alkyl halides is 3. The number of nitro groups is 1. The van der Waals surface area contributed by atoms with E-state index in [1.54, 1.807) is 6.92 Å². The summed E-state index contributed by atoms with van der Waals surface area (Å²) in [5, 5.41) is 12.4. The summed E-state index contributed by atoms with van der Waals surface area (Å²) in [7, 11) is 0. The number of amides is 1. The number of rotatable bonds is 6. The van der Waals surface area contributed by atoms with Crippen LogP contribution in [0.25, 0.3) is 0 Å². The van der Waals surface area contributed by atoms with Crippen molar-refractivity contribution in [1.82, 2.24) is 5.32 Å². The van der Waals surface area contributed by atoms with Gasteiger partial charge >= 0.3 is 6.18 Å². The van der Waals surface area contributed by atoms with Crippen molar-refractivity contribution in [3.8, 4) is 0 Å². The van der Waals surface area contributed by atoms with Gasteiger partial charge in [0.25, 0.3) is 5.69 Å². The molecule has 2 rings (SSSR count). The minimum Gasteiger partial charge on any atom is -0.351 e. The second-order valence-corrected chi connectivity index (χ2v) is 6.94. The molecule has 2 aromatic carbocycles. The molecule has 0 bridgehead atoms. The third-order valence-electron chi connectivity index (χ3n) is 3.56. The Balaban J connectivity index is 2.00. The lowest BCUT2D eigenvalue weighted by atomic mass is 10.1. The van der Waals surface area contributed by atoms with Crippen molar-refractivity contribution in [3.05, 3.63) is 69.5 Å². The number of benzene rings is 2. The third-order valence-corrected chi connectivity index (χ3v) is 4.67. The van der Waals surface area contributed by atoms with Crippen LogP contribution in [0.2, 0.25) is 0 Å². The molecular weight excluding hydrogens is 388 g/mol. The highest BCUT2D eigenvalue weighted by molar-refractivity contribution is 8.00. The molecule has 0 aromatic heterocycles. The Morgan fingerprint density at radius 2 is 1.85 bits per heavy atom. The molecule has 1 N–H and O–H groups in total. The first kappa shape index (κ1) is 20.7. The van der Waals surface area contributed by atoms with Crippen molar-refractivity contribution in [2.75, 3.05) is 0 Å². The fourth-order valence-corrected chi connectivity index (χ4v) is 3.09. The monoisotopic (exact) mass is 402 g/mol. The van der Waals surface area contributed by atoms with E-state index in [9.17, 15) is 32.5 Å². The number of nitrogens with one attached hydrogen (secondary N) is 1. The van der Waals surface area contributed by atoms with Crippen molar-refractivity contribution in [2.24, 2.45) is 0 Å². The molecular formula is C17H14F4N2O3S. The Hall–Kier alpha value is -2.62. The maximum Gasteiger partial charge on any atom is 0.416 e. The topological polar surface area (TPSA) is 72.2 Å². The number of halogens is 4. The van der Waals surface area contributed by atoms with Gasteiger partial charge in [-0.05, 0) is 36.8 Å². The number of nitrogens with zero attached hydrogens (tertiary/aromatic N) is 1. The number of carbonyl (C=O) groups is 1. The van der Waals surface area contributed by atoms with Crippen LogP contribution in [0.15, 0.2) is 47.4 Å². The standard InChI is InChI=1S/C17H14F4N2O3S/c1-10(27-14-6-4-13(5-7-14)23(25)26)16(24)22-9-11-2-3-12(18)8-15(11)17(19,20)21/h2-8,10H,9H2,1H3,(H,22,24). The molecule has 0 saturated heterocycles. The highest BCUT2D eigenvalue weighted by atomic mass is 32.2. The molecule has 0 spiro atoms. The summed E-state index contributed by atoms with van der Waals surface area (Å²) >= 11 is 1.10. The highest BCUT2D eigenvalue weighted by Crippen LogP contribution is 2.32. The minimum absolute atomic E-state index is 0.0903. The maximum absolute atomic E-state index is 13.1. The fourth-order valence-electron chi connectivity index (χ4n) is 2.20. The van der Waals surface area contributed by atoms with Crippen molar-refractivity contribution in [2.45, 2.75) is 29.8 Å². The van der Waals surface area contributed by atoms with Gasteiger partial charge in [0.1, 0.15) is 5.82 Å². The summed E-state index contributed by atoms with van der Waals surface area (Å²) < 4.78 is 52.0. The van der Waals surface area contributed by atoms with Gasteiger partial charge in [-0.1, -0.05) is 6.07 Å². The molecule has 0 fully saturated rings. The number of nitro benzene ring substituents is 1. The maximum atomic E-state index is 13.1. The summed E-state index contributed by atoms with van der Waals surface area (Å²) in [6.45, 7) is 1.15. The zero-order valence-corrected chi connectivity index (χ0v) is 14.7. The van der Waals surface area contributed by atoms with Crippen LogP contribution in [0.4, 0.5) is 23.2 Å². The molecule has 0 saturated carbocycles. The second kappa shape index (κ2) is 8.38. The van der Waals surface area contributed by atoms with Gasteiger partial charge in [0.05, 0.1) is 15.7 Å². The van der Waals surface area contributed by atoms with Crippen molar-refractivity contribution < 1.29 is 27.3 Å². The Morgan fingerprint density at radius 1 is 1.22 bits per heavy atom. The number of hydrogen-bond donors (Lipinski definition) is 1. The van der Waals surface area contributed by atoms with E-state index in [-0.39, 0.29) is 11.3 Å². The Bertz CT molecular complexity index is 841. The number of carbonyl (C=O) groups excluding carboxylic acids is 1. The zero-order valence-electron chi connectivity index (χ0n) is 13.9. The number of thioether (sulfide) groups is 1. The average molecular weight is 402 g/mol. The molecule has 0 aliphatic rings. The van der Waals surface area contributed by atoms with E-state index in [1.807, 2.05) is 0 Å². The van der Waals surface area contributed by atoms with Crippen LogP contribution in [0.3, 0.4) is 0 Å². The van der Waals surface area contributed by atoms with E-state index in [0.29, 0.717) is 11.0 Å². The first-order chi connectivity index (χ1) is 12.6. The predicted octanol–water partition coefficient (Wildman–Crippen LogP) is 4.55. The zero-order chi connectivity index (χ0) is 20.2. The van der Waals surface area contributed by atoms with Crippen molar-refractivity contribution >= 4 is 23.4 Å². The first-order valence-corrected chi connectivity index (χ1v) is 8.50. The average Bonchev–Trinajstić information content (AvgIpc) is 2.60. The van der Waals surface area contributed by atoms with Gasteiger partial charge in [0.2, 0.25) is 5.91 Å². The Morgan fingerprint density at radius 3 is 2.41 bits per heavy atom. The number of non-ortho nitro benzene ring substituents is 1. The molecule has 0 aliphatic heterocycles. The molecule has 27 heavy (non-hydrogen) atoms. The van der Waals surface area contributed by atoms with Crippen molar-refractivity contribution in [3.63, 3.8) is 0 Å². The van der Waals surface area contributed by atoms with E-state index in [1.165, 1.54) is 24.3 Å². The van der Waals surface area contributed by atoms with Crippen molar-refractivity contribution in [1.29, 1.82) is 0 Å². The lowest BCUT2D eigenvalue weighted by molar-refractivity contribution is -0.384. The summed E-state index contributed by atoms with van der Waals surface area (Å²) in [6, 6.07) is 7.81. The van der Waals surface area contributed by atoms with Gasteiger partial charge in [0, 0.05) is 23.6 Å². The van der Waals surface area contributed by atoms with E-state index in [4.69, 9.17) is 0 Å². The molecule has 2 aromatic rings. The summed E-state index contributed by atoms with van der Waals surface area (Å²) in [5.41, 5.74) is -1.48. The second-order valence-electron chi connectivity index (χ2n) is 5.53. The van der Waals surface area contributed by atoms with Crippen LogP contribution in [0, 0.1) is 15.9 Å². The summed E-state index contributed by atoms with van der Waals surface area (Å²) in [6.07, 6.45) is -4.73. The predicted molar refractivity (Wildman–Crippen MR) is 91.7 cm³/mol. The molecule has 1 atom stereocenters. The molecule has 1 amide bonds. The van der Waals surface area contributed by atoms with Crippen LogP contribution in [0.5, 0.6) is 0 Å². The summed E-state index contributed by atoms with van der Waals surface area (Å²) in [4.78, 5) is 22.8. The quantitative estimate of drug-likeness (QED) is 0.333. The van der Waals surface area contributed by atoms with Gasteiger partial charge in [-0.25, -0.2) is 4.39 Å². The molecule has 144 valence electrons. The molecule has 1 unspecified atom stereocenters. The van der Waals surface area contributed by atoms with Gasteiger partial charge in [-0.2, -0.15) is 13.2 Å². The van der Waals surface area contributed by atoms with E-state index in [2.05, 4.69) is 5.32 Å². The SMILES string of the molecule is CC(Sc1ccc([N+](=O)[O-])cc1)C(=O)NCc1ccc(F)cc1C(F)(F)F. The van der Waals surface area contributed by atoms with Crippen LogP contribution in [0.1, 0.15) is 18.1 Å². The Kier molecular flexibility index (Phi) is 6.42. The van der Waals surface area contributed by atoms with Crippen LogP contribution in [-0.2, 0) is 17.5 Å². The van der Waals surface area contributed by atoms with E-state index in [0.717, 1.165) is 23.9 Å². The minimum atomic E-state index is -4.73. The molecule has 5 nitrogen and oxygen atoms in total. The van der Waals surface area contributed by atoms with Crippen LogP contribution < -0.4 is 5.32 Å². The molecule has 10 heteroatoms. The Labute approximate surface area is 155 Å². The smallest absolute Gasteiger partial charge is 0.351 e. The lowest BCUT2D eigenvalue weighted by Crippen LogP contribution is -2.31. The van der Waals surface area contributed by atoms with Gasteiger partial charge in [-0.15, -0.1) is 11.8 Å². The molecule has 0 heterocycles. The summed E-state index contributed by atoms with van der Waals surface area (Å²) in [5.74, 6) is -1.53. The fraction of sp³-hybridized carbons (Fsp3) is 0.235. The van der Waals surface area contributed by atoms with Gasteiger partial charge < -0.3 is 5.32 Å². The first-order valence-electron chi connectivity index (χ1n) is 7.62. The van der Waals surface area contributed by atoms with E-state index < -0.39 is 40.2 Å². The lowest BCUT2D eigenvalue weighted by Gasteiger charge is -2.15. The molecule has 0 aliphatic carbocycles. The van der Waals surface area contributed by atoms with Gasteiger partial charge in [0.15, 0.2) is 0 Å². The molecule has 0 radical (unpaired) electrons. The van der Waals surface area contributed by atoms with Crippen LogP contribution >= 0.6 is 11.8 Å². The normalized spacial score (nSPS) is 12.5. The third kappa shape index (κ3) is 5.68.